The lowest BCUT2D eigenvalue weighted by Gasteiger charge is -2.04. The van der Waals surface area contributed by atoms with E-state index >= 15 is 0 Å². The van der Waals surface area contributed by atoms with E-state index in [-0.39, 0.29) is 5.11 Å². The van der Waals surface area contributed by atoms with Crippen LogP contribution >= 0.6 is 12.2 Å². The van der Waals surface area contributed by atoms with Crippen molar-refractivity contribution in [1.29, 1.82) is 0 Å². The van der Waals surface area contributed by atoms with E-state index in [1.807, 2.05) is 20.8 Å². The number of nitrogens with two attached hydrogens (primary N) is 1. The van der Waals surface area contributed by atoms with Crippen molar-refractivity contribution in [2.24, 2.45) is 10.8 Å². The van der Waals surface area contributed by atoms with Gasteiger partial charge in [-0.25, -0.2) is 9.97 Å². The van der Waals surface area contributed by atoms with Gasteiger partial charge in [-0.05, 0) is 33.0 Å². The molecule has 0 saturated heterocycles. The second-order valence-electron chi connectivity index (χ2n) is 3.09. The third-order valence-corrected chi connectivity index (χ3v) is 1.91. The van der Waals surface area contributed by atoms with Crippen LogP contribution in [0.4, 0.5) is 0 Å². The van der Waals surface area contributed by atoms with E-state index in [0.29, 0.717) is 0 Å². The van der Waals surface area contributed by atoms with Crippen LogP contribution in [0.15, 0.2) is 11.3 Å². The van der Waals surface area contributed by atoms with Gasteiger partial charge >= 0.3 is 0 Å². The smallest absolute Gasteiger partial charge is 0.184 e. The molecule has 0 amide bonds. The van der Waals surface area contributed by atoms with Gasteiger partial charge in [-0.15, -0.1) is 0 Å². The van der Waals surface area contributed by atoms with Crippen molar-refractivity contribution in [3.8, 4) is 0 Å². The van der Waals surface area contributed by atoms with Gasteiger partial charge in [0.15, 0.2) is 5.11 Å². The van der Waals surface area contributed by atoms with Crippen LogP contribution in [-0.2, 0) is 0 Å². The molecule has 1 heterocycles. The summed E-state index contributed by atoms with van der Waals surface area (Å²) in [6, 6.07) is 0. The average molecular weight is 223 g/mol. The van der Waals surface area contributed by atoms with Gasteiger partial charge in [-0.1, -0.05) is 0 Å². The Morgan fingerprint density at radius 1 is 1.53 bits per heavy atom. The van der Waals surface area contributed by atoms with E-state index in [2.05, 4.69) is 32.7 Å². The molecule has 5 nitrogen and oxygen atoms in total. The minimum absolute atomic E-state index is 0.139. The maximum Gasteiger partial charge on any atom is 0.184 e. The lowest BCUT2D eigenvalue weighted by Crippen LogP contribution is -2.25. The minimum atomic E-state index is 0.139. The number of nitrogens with one attached hydrogen (secondary N) is 1. The summed E-state index contributed by atoms with van der Waals surface area (Å²) in [5.41, 5.74) is 10.3. The van der Waals surface area contributed by atoms with Crippen LogP contribution in [0.3, 0.4) is 0 Å². The SMILES string of the molecule is C/C(=N\NC(N)=S)c1cnc(C)nc1C. The third kappa shape index (κ3) is 3.25. The second-order valence-corrected chi connectivity index (χ2v) is 3.53. The van der Waals surface area contributed by atoms with Crippen LogP contribution < -0.4 is 11.2 Å². The number of aromatic nitrogens is 2. The van der Waals surface area contributed by atoms with Crippen LogP contribution in [0.2, 0.25) is 0 Å². The summed E-state index contributed by atoms with van der Waals surface area (Å²) in [5, 5.41) is 4.14. The molecule has 1 rings (SSSR count). The van der Waals surface area contributed by atoms with Crippen molar-refractivity contribution < 1.29 is 0 Å². The van der Waals surface area contributed by atoms with Gasteiger partial charge in [0, 0.05) is 11.8 Å². The summed E-state index contributed by atoms with van der Waals surface area (Å²) in [6.07, 6.45) is 1.73. The Balaban J connectivity index is 2.95. The Bertz CT molecular complexity index is 413. The summed E-state index contributed by atoms with van der Waals surface area (Å²) in [5.74, 6) is 0.742. The fourth-order valence-electron chi connectivity index (χ4n) is 1.14. The molecule has 0 saturated carbocycles. The van der Waals surface area contributed by atoms with E-state index < -0.39 is 0 Å². The molecule has 3 N–H and O–H groups in total. The molecule has 0 bridgehead atoms. The number of nitrogens with zero attached hydrogens (tertiary/aromatic N) is 3. The maximum absolute atomic E-state index is 5.26. The molecule has 0 atom stereocenters. The van der Waals surface area contributed by atoms with Crippen LogP contribution in [0, 0.1) is 13.8 Å². The zero-order valence-corrected chi connectivity index (χ0v) is 9.72. The first-order chi connectivity index (χ1) is 7.00. The highest BCUT2D eigenvalue weighted by atomic mass is 32.1. The van der Waals surface area contributed by atoms with Crippen LogP contribution in [0.25, 0.3) is 0 Å². The highest BCUT2D eigenvalue weighted by molar-refractivity contribution is 7.80. The molecule has 0 aromatic carbocycles. The van der Waals surface area contributed by atoms with E-state index in [9.17, 15) is 0 Å². The third-order valence-electron chi connectivity index (χ3n) is 1.82. The highest BCUT2D eigenvalue weighted by Crippen LogP contribution is 2.04. The number of rotatable bonds is 2. The van der Waals surface area contributed by atoms with Crippen molar-refractivity contribution in [3.05, 3.63) is 23.3 Å². The second kappa shape index (κ2) is 4.79. The first-order valence-electron chi connectivity index (χ1n) is 4.41. The number of thiocarbonyl (C=S) groups is 1. The van der Waals surface area contributed by atoms with E-state index in [0.717, 1.165) is 22.8 Å². The topological polar surface area (TPSA) is 76.2 Å². The molecule has 6 heteroatoms. The molecule has 0 aliphatic rings. The van der Waals surface area contributed by atoms with Gasteiger partial charge in [0.2, 0.25) is 0 Å². The summed E-state index contributed by atoms with van der Waals surface area (Å²) in [7, 11) is 0. The Kier molecular flexibility index (Phi) is 3.68. The van der Waals surface area contributed by atoms with Crippen molar-refractivity contribution in [2.75, 3.05) is 0 Å². The lowest BCUT2D eigenvalue weighted by atomic mass is 10.1. The maximum atomic E-state index is 5.26. The molecule has 0 unspecified atom stereocenters. The standard InChI is InChI=1S/C9H13N5S/c1-5-8(4-11-7(3)12-5)6(2)13-14-9(10)15/h4H,1-3H3,(H3,10,14,15)/b13-6+. The van der Waals surface area contributed by atoms with Gasteiger partial charge < -0.3 is 5.73 Å². The zero-order valence-electron chi connectivity index (χ0n) is 8.90. The zero-order chi connectivity index (χ0) is 11.4. The Morgan fingerprint density at radius 3 is 2.73 bits per heavy atom. The summed E-state index contributed by atoms with van der Waals surface area (Å²) < 4.78 is 0. The fraction of sp³-hybridized carbons (Fsp3) is 0.333. The Morgan fingerprint density at radius 2 is 2.20 bits per heavy atom. The normalized spacial score (nSPS) is 11.3. The number of hydrogen-bond acceptors (Lipinski definition) is 4. The average Bonchev–Trinajstić information content (AvgIpc) is 2.14. The monoisotopic (exact) mass is 223 g/mol. The molecule has 80 valence electrons. The highest BCUT2D eigenvalue weighted by Gasteiger charge is 2.04. The van der Waals surface area contributed by atoms with Gasteiger partial charge in [0.05, 0.1) is 11.4 Å². The molecule has 0 spiro atoms. The molecule has 0 radical (unpaired) electrons. The van der Waals surface area contributed by atoms with Crippen LogP contribution in [0.1, 0.15) is 24.0 Å². The predicted molar refractivity (Wildman–Crippen MR) is 63.6 cm³/mol. The van der Waals surface area contributed by atoms with Crippen LogP contribution in [-0.4, -0.2) is 20.8 Å². The molecule has 0 aliphatic heterocycles. The van der Waals surface area contributed by atoms with Gasteiger partial charge in [-0.2, -0.15) is 5.10 Å². The van der Waals surface area contributed by atoms with Crippen molar-refractivity contribution in [2.45, 2.75) is 20.8 Å². The van der Waals surface area contributed by atoms with E-state index in [1.54, 1.807) is 6.20 Å². The molecular formula is C9H13N5S. The number of aryl methyl sites for hydroxylation is 2. The first-order valence-corrected chi connectivity index (χ1v) is 4.82. The van der Waals surface area contributed by atoms with Gasteiger partial charge in [-0.3, -0.25) is 5.43 Å². The molecule has 0 aliphatic carbocycles. The van der Waals surface area contributed by atoms with Crippen LogP contribution in [0.5, 0.6) is 0 Å². The lowest BCUT2D eigenvalue weighted by molar-refractivity contribution is 0.989. The summed E-state index contributed by atoms with van der Waals surface area (Å²) in [6.45, 7) is 5.59. The van der Waals surface area contributed by atoms with Gasteiger partial charge in [0.1, 0.15) is 5.82 Å². The molecule has 0 fully saturated rings. The fourth-order valence-corrected chi connectivity index (χ4v) is 1.18. The first kappa shape index (κ1) is 11.5. The minimum Gasteiger partial charge on any atom is -0.375 e. The molecular weight excluding hydrogens is 210 g/mol. The van der Waals surface area contributed by atoms with Crippen molar-refractivity contribution in [1.82, 2.24) is 15.4 Å². The predicted octanol–water partition coefficient (Wildman–Crippen LogP) is 0.651. The molecule has 1 aromatic heterocycles. The molecule has 15 heavy (non-hydrogen) atoms. The Hall–Kier alpha value is -1.56. The quantitative estimate of drug-likeness (QED) is 0.437. The molecule has 1 aromatic rings. The van der Waals surface area contributed by atoms with E-state index in [1.165, 1.54) is 0 Å². The number of hydrogen-bond donors (Lipinski definition) is 2. The number of hydrazone groups is 1. The van der Waals surface area contributed by atoms with Gasteiger partial charge in [0.25, 0.3) is 0 Å². The van der Waals surface area contributed by atoms with Crippen molar-refractivity contribution in [3.63, 3.8) is 0 Å². The van der Waals surface area contributed by atoms with E-state index in [4.69, 9.17) is 5.73 Å². The summed E-state index contributed by atoms with van der Waals surface area (Å²) >= 11 is 4.65. The largest absolute Gasteiger partial charge is 0.375 e. The summed E-state index contributed by atoms with van der Waals surface area (Å²) in [4.78, 5) is 8.34. The van der Waals surface area contributed by atoms with Crippen molar-refractivity contribution >= 4 is 23.0 Å². The Labute approximate surface area is 93.8 Å².